The lowest BCUT2D eigenvalue weighted by Crippen LogP contribution is -2.32. The number of hydrogen-bond donors (Lipinski definition) is 2. The van der Waals surface area contributed by atoms with E-state index in [1.54, 1.807) is 12.3 Å². The van der Waals surface area contributed by atoms with Crippen molar-refractivity contribution < 1.29 is 13.5 Å². The molecule has 5 nitrogen and oxygen atoms in total. The van der Waals surface area contributed by atoms with Crippen LogP contribution in [0.2, 0.25) is 0 Å². The minimum Gasteiger partial charge on any atom is -0.390 e. The molecule has 1 aromatic heterocycles. The fourth-order valence-corrected chi connectivity index (χ4v) is 4.00. The number of aromatic nitrogens is 1. The molecule has 0 aromatic carbocycles. The number of nitrogens with one attached hydrogen (secondary N) is 1. The van der Waals surface area contributed by atoms with Crippen LogP contribution in [-0.4, -0.2) is 24.1 Å². The van der Waals surface area contributed by atoms with Crippen LogP contribution in [0.3, 0.4) is 0 Å². The Bertz CT molecular complexity index is 586. The molecule has 20 heavy (non-hydrogen) atoms. The predicted octanol–water partition coefficient (Wildman–Crippen LogP) is 1.78. The molecule has 0 aliphatic heterocycles. The van der Waals surface area contributed by atoms with Crippen LogP contribution in [0, 0.1) is 5.92 Å². The highest BCUT2D eigenvalue weighted by molar-refractivity contribution is 7.89. The highest BCUT2D eigenvalue weighted by Crippen LogP contribution is 2.37. The maximum absolute atomic E-state index is 12.4. The maximum Gasteiger partial charge on any atom is 0.242 e. The summed E-state index contributed by atoms with van der Waals surface area (Å²) >= 11 is 0. The molecule has 1 heterocycles. The third kappa shape index (κ3) is 3.07. The summed E-state index contributed by atoms with van der Waals surface area (Å²) in [6.07, 6.45) is 7.14. The number of aliphatic hydroxyl groups is 1. The Kier molecular flexibility index (Phi) is 3.64. The number of aliphatic hydroxyl groups excluding tert-OH is 1. The second-order valence-electron chi connectivity index (χ2n) is 6.17. The molecule has 0 spiro atoms. The lowest BCUT2D eigenvalue weighted by molar-refractivity contribution is 0.270. The fraction of sp³-hybridized carbons (Fsp3) is 0.714. The van der Waals surface area contributed by atoms with Crippen LogP contribution in [0.4, 0.5) is 0 Å². The molecular formula is C14H22N2O3S. The van der Waals surface area contributed by atoms with E-state index in [2.05, 4.69) is 4.72 Å². The summed E-state index contributed by atoms with van der Waals surface area (Å²) < 4.78 is 29.4. The average molecular weight is 298 g/mol. The third-order valence-corrected chi connectivity index (χ3v) is 5.62. The van der Waals surface area contributed by atoms with Gasteiger partial charge in [0.25, 0.3) is 0 Å². The van der Waals surface area contributed by atoms with Gasteiger partial charge in [0.2, 0.25) is 10.0 Å². The van der Waals surface area contributed by atoms with Crippen LogP contribution in [0.25, 0.3) is 0 Å². The second kappa shape index (κ2) is 5.16. The first kappa shape index (κ1) is 14.1. The van der Waals surface area contributed by atoms with Crippen LogP contribution in [0.15, 0.2) is 17.2 Å². The highest BCUT2D eigenvalue weighted by Gasteiger charge is 2.30. The summed E-state index contributed by atoms with van der Waals surface area (Å²) in [7, 11) is -3.48. The molecule has 2 aliphatic carbocycles. The maximum atomic E-state index is 12.4. The van der Waals surface area contributed by atoms with Gasteiger partial charge in [0, 0.05) is 24.0 Å². The zero-order valence-corrected chi connectivity index (χ0v) is 12.6. The van der Waals surface area contributed by atoms with E-state index in [9.17, 15) is 13.5 Å². The van der Waals surface area contributed by atoms with Crippen LogP contribution < -0.4 is 4.72 Å². The molecule has 1 aromatic rings. The first-order chi connectivity index (χ1) is 9.49. The van der Waals surface area contributed by atoms with Gasteiger partial charge in [-0.3, -0.25) is 0 Å². The van der Waals surface area contributed by atoms with E-state index in [4.69, 9.17) is 0 Å². The summed E-state index contributed by atoms with van der Waals surface area (Å²) in [5, 5.41) is 9.35. The normalized spacial score (nSPS) is 21.1. The molecule has 1 atom stereocenters. The summed E-state index contributed by atoms with van der Waals surface area (Å²) in [5.74, 6) is 0.691. The molecule has 2 fully saturated rings. The third-order valence-electron chi connectivity index (χ3n) is 4.06. The van der Waals surface area contributed by atoms with Crippen molar-refractivity contribution in [2.24, 2.45) is 5.92 Å². The lowest BCUT2D eigenvalue weighted by atomic mass is 10.2. The Labute approximate surface area is 120 Å². The Hall–Kier alpha value is -0.850. The van der Waals surface area contributed by atoms with Gasteiger partial charge >= 0.3 is 0 Å². The van der Waals surface area contributed by atoms with Gasteiger partial charge in [0.05, 0.1) is 11.5 Å². The Morgan fingerprint density at radius 3 is 2.65 bits per heavy atom. The van der Waals surface area contributed by atoms with Crippen LogP contribution in [0.1, 0.15) is 50.8 Å². The minimum absolute atomic E-state index is 0.0330. The number of sulfonamides is 1. The average Bonchev–Trinajstić information content (AvgIpc) is 3.29. The monoisotopic (exact) mass is 298 g/mol. The summed E-state index contributed by atoms with van der Waals surface area (Å²) in [6, 6.07) is 1.92. The highest BCUT2D eigenvalue weighted by atomic mass is 32.2. The molecule has 2 aliphatic rings. The number of nitrogens with zero attached hydrogens (tertiary/aromatic N) is 1. The van der Waals surface area contributed by atoms with Gasteiger partial charge in [-0.2, -0.15) is 0 Å². The van der Waals surface area contributed by atoms with Crippen molar-refractivity contribution in [3.05, 3.63) is 18.0 Å². The Morgan fingerprint density at radius 2 is 2.10 bits per heavy atom. The summed E-state index contributed by atoms with van der Waals surface area (Å²) in [4.78, 5) is 0.274. The Balaban J connectivity index is 1.75. The van der Waals surface area contributed by atoms with E-state index in [-0.39, 0.29) is 17.5 Å². The van der Waals surface area contributed by atoms with Crippen LogP contribution in [-0.2, 0) is 16.6 Å². The molecule has 0 saturated heterocycles. The van der Waals surface area contributed by atoms with Gasteiger partial charge in [-0.15, -0.1) is 0 Å². The van der Waals surface area contributed by atoms with E-state index in [0.29, 0.717) is 17.7 Å². The van der Waals surface area contributed by atoms with E-state index in [1.807, 2.05) is 11.5 Å². The van der Waals surface area contributed by atoms with Gasteiger partial charge in [-0.05, 0) is 38.2 Å². The van der Waals surface area contributed by atoms with Gasteiger partial charge in [0.1, 0.15) is 0 Å². The van der Waals surface area contributed by atoms with Crippen molar-refractivity contribution in [2.75, 3.05) is 0 Å². The number of rotatable bonds is 7. The molecule has 0 bridgehead atoms. The minimum atomic E-state index is -3.48. The van der Waals surface area contributed by atoms with E-state index < -0.39 is 10.0 Å². The molecule has 6 heteroatoms. The largest absolute Gasteiger partial charge is 0.390 e. The van der Waals surface area contributed by atoms with Crippen molar-refractivity contribution in [3.8, 4) is 0 Å². The molecular weight excluding hydrogens is 276 g/mol. The lowest BCUT2D eigenvalue weighted by Gasteiger charge is -2.12. The van der Waals surface area contributed by atoms with Crippen LogP contribution >= 0.6 is 0 Å². The molecule has 2 saturated carbocycles. The smallest absolute Gasteiger partial charge is 0.242 e. The number of hydrogen-bond acceptors (Lipinski definition) is 3. The standard InChI is InChI=1S/C14H22N2O3S/c1-10(6-11-2-3-11)15-20(18,19)14-7-13(9-17)16(8-14)12-4-5-12/h7-8,10-12,15,17H,2-6,9H2,1H3. The fourth-order valence-electron chi connectivity index (χ4n) is 2.70. The van der Waals surface area contributed by atoms with Crippen molar-refractivity contribution >= 4 is 10.0 Å². The van der Waals surface area contributed by atoms with Crippen molar-refractivity contribution in [1.82, 2.24) is 9.29 Å². The molecule has 0 amide bonds. The summed E-state index contributed by atoms with van der Waals surface area (Å²) in [5.41, 5.74) is 0.683. The topological polar surface area (TPSA) is 71.3 Å². The zero-order chi connectivity index (χ0) is 14.3. The van der Waals surface area contributed by atoms with Gasteiger partial charge in [0.15, 0.2) is 0 Å². The molecule has 3 rings (SSSR count). The van der Waals surface area contributed by atoms with E-state index in [0.717, 1.165) is 19.3 Å². The first-order valence-electron chi connectivity index (χ1n) is 7.33. The second-order valence-corrected chi connectivity index (χ2v) is 7.88. The van der Waals surface area contributed by atoms with E-state index in [1.165, 1.54) is 12.8 Å². The van der Waals surface area contributed by atoms with Crippen molar-refractivity contribution in [3.63, 3.8) is 0 Å². The predicted molar refractivity (Wildman–Crippen MR) is 75.8 cm³/mol. The molecule has 1 unspecified atom stereocenters. The zero-order valence-electron chi connectivity index (χ0n) is 11.7. The van der Waals surface area contributed by atoms with Gasteiger partial charge in [-0.1, -0.05) is 12.8 Å². The van der Waals surface area contributed by atoms with Crippen LogP contribution in [0.5, 0.6) is 0 Å². The first-order valence-corrected chi connectivity index (χ1v) is 8.82. The summed E-state index contributed by atoms with van der Waals surface area (Å²) in [6.45, 7) is 1.80. The van der Waals surface area contributed by atoms with Crippen molar-refractivity contribution in [2.45, 2.75) is 62.6 Å². The molecule has 2 N–H and O–H groups in total. The molecule has 112 valence electrons. The Morgan fingerprint density at radius 1 is 1.40 bits per heavy atom. The van der Waals surface area contributed by atoms with Gasteiger partial charge in [-0.25, -0.2) is 13.1 Å². The van der Waals surface area contributed by atoms with Crippen molar-refractivity contribution in [1.29, 1.82) is 0 Å². The quantitative estimate of drug-likeness (QED) is 0.806. The van der Waals surface area contributed by atoms with E-state index >= 15 is 0 Å². The van der Waals surface area contributed by atoms with Gasteiger partial charge < -0.3 is 9.67 Å². The molecule has 0 radical (unpaired) electrons. The SMILES string of the molecule is CC(CC1CC1)NS(=O)(=O)c1cc(CO)n(C2CC2)c1.